The summed E-state index contributed by atoms with van der Waals surface area (Å²) in [6.07, 6.45) is 0. The Labute approximate surface area is 93.1 Å². The number of pyridine rings is 1. The molecular weight excluding hydrogens is 303 g/mol. The van der Waals surface area contributed by atoms with Crippen LogP contribution in [0.15, 0.2) is 24.3 Å². The second-order valence-corrected chi connectivity index (χ2v) is 4.14. The summed E-state index contributed by atoms with van der Waals surface area (Å²) >= 11 is 7.76. The van der Waals surface area contributed by atoms with E-state index in [2.05, 4.69) is 4.98 Å². The average Bonchev–Trinajstić information content (AvgIpc) is 2.06. The third-order valence-corrected chi connectivity index (χ3v) is 2.71. The molecule has 0 fully saturated rings. The van der Waals surface area contributed by atoms with Crippen molar-refractivity contribution < 1.29 is 4.39 Å². The van der Waals surface area contributed by atoms with Crippen LogP contribution in [0.3, 0.4) is 0 Å². The quantitative estimate of drug-likeness (QED) is 0.535. The molecule has 13 heavy (non-hydrogen) atoms. The van der Waals surface area contributed by atoms with Crippen LogP contribution >= 0.6 is 34.2 Å². The third kappa shape index (κ3) is 1.76. The molecule has 0 amide bonds. The molecule has 0 aliphatic carbocycles. The third-order valence-electron chi connectivity index (χ3n) is 1.68. The molecule has 0 bridgehead atoms. The maximum atomic E-state index is 12.9. The molecule has 0 aliphatic heterocycles. The summed E-state index contributed by atoms with van der Waals surface area (Å²) in [6, 6.07) is 6.29. The molecule has 1 aromatic heterocycles. The number of hydrogen-bond acceptors (Lipinski definition) is 1. The first-order valence-electron chi connectivity index (χ1n) is 3.58. The molecule has 2 aromatic rings. The highest BCUT2D eigenvalue weighted by atomic mass is 127. The monoisotopic (exact) mass is 307 g/mol. The van der Waals surface area contributed by atoms with E-state index in [1.165, 1.54) is 12.1 Å². The molecule has 0 atom stereocenters. The van der Waals surface area contributed by atoms with Crippen molar-refractivity contribution in [2.24, 2.45) is 0 Å². The molecule has 0 saturated heterocycles. The number of halogens is 3. The number of nitrogens with zero attached hydrogens (tertiary/aromatic N) is 1. The Morgan fingerprint density at radius 3 is 2.85 bits per heavy atom. The van der Waals surface area contributed by atoms with E-state index in [0.717, 1.165) is 14.5 Å². The lowest BCUT2D eigenvalue weighted by Crippen LogP contribution is -1.85. The van der Waals surface area contributed by atoms with Gasteiger partial charge in [-0.05, 0) is 46.9 Å². The van der Waals surface area contributed by atoms with Crippen LogP contribution in [0.2, 0.25) is 5.15 Å². The van der Waals surface area contributed by atoms with Gasteiger partial charge in [0.15, 0.2) is 0 Å². The van der Waals surface area contributed by atoms with Crippen molar-refractivity contribution in [1.82, 2.24) is 4.98 Å². The van der Waals surface area contributed by atoms with Gasteiger partial charge in [-0.2, -0.15) is 0 Å². The van der Waals surface area contributed by atoms with E-state index >= 15 is 0 Å². The van der Waals surface area contributed by atoms with Crippen molar-refractivity contribution in [3.05, 3.63) is 38.8 Å². The van der Waals surface area contributed by atoms with E-state index in [1.54, 1.807) is 12.1 Å². The van der Waals surface area contributed by atoms with Gasteiger partial charge in [-0.1, -0.05) is 11.6 Å². The lowest BCUT2D eigenvalue weighted by molar-refractivity contribution is 0.628. The fraction of sp³-hybridized carbons (Fsp3) is 0. The van der Waals surface area contributed by atoms with E-state index < -0.39 is 0 Å². The van der Waals surface area contributed by atoms with E-state index in [-0.39, 0.29) is 5.82 Å². The Morgan fingerprint density at radius 2 is 2.08 bits per heavy atom. The molecule has 66 valence electrons. The van der Waals surface area contributed by atoms with Gasteiger partial charge in [0.25, 0.3) is 0 Å². The molecule has 0 saturated carbocycles. The fourth-order valence-electron chi connectivity index (χ4n) is 1.13. The predicted octanol–water partition coefficient (Wildman–Crippen LogP) is 3.63. The first-order chi connectivity index (χ1) is 6.16. The van der Waals surface area contributed by atoms with Crippen LogP contribution in [0.1, 0.15) is 0 Å². The topological polar surface area (TPSA) is 12.9 Å². The molecule has 1 nitrogen and oxygen atoms in total. The molecule has 4 heteroatoms. The molecule has 1 aromatic carbocycles. The standard InChI is InChI=1S/C9H4ClFIN/c10-8-2-1-5-3-6(11)4-7(12)9(5)13-8/h1-4H. The van der Waals surface area contributed by atoms with Crippen LogP contribution < -0.4 is 0 Å². The number of benzene rings is 1. The van der Waals surface area contributed by atoms with Crippen LogP contribution in [0.25, 0.3) is 10.9 Å². The van der Waals surface area contributed by atoms with Crippen molar-refractivity contribution >= 4 is 45.1 Å². The van der Waals surface area contributed by atoms with E-state index in [4.69, 9.17) is 11.6 Å². The Kier molecular flexibility index (Phi) is 2.38. The zero-order valence-electron chi connectivity index (χ0n) is 6.39. The number of fused-ring (bicyclic) bond motifs is 1. The van der Waals surface area contributed by atoms with Crippen LogP contribution in [0, 0.1) is 9.39 Å². The summed E-state index contributed by atoms with van der Waals surface area (Å²) in [5, 5.41) is 1.20. The first-order valence-corrected chi connectivity index (χ1v) is 5.04. The highest BCUT2D eigenvalue weighted by Gasteiger charge is 2.03. The molecule has 2 rings (SSSR count). The molecular formula is C9H4ClFIN. The van der Waals surface area contributed by atoms with Gasteiger partial charge in [-0.25, -0.2) is 9.37 Å². The van der Waals surface area contributed by atoms with Crippen LogP contribution in [0.4, 0.5) is 4.39 Å². The summed E-state index contributed by atoms with van der Waals surface area (Å²) < 4.78 is 13.7. The largest absolute Gasteiger partial charge is 0.235 e. The number of rotatable bonds is 0. The summed E-state index contributed by atoms with van der Waals surface area (Å²) in [5.74, 6) is -0.249. The molecule has 0 aliphatic rings. The smallest absolute Gasteiger partial charge is 0.129 e. The van der Waals surface area contributed by atoms with Gasteiger partial charge in [0.2, 0.25) is 0 Å². The van der Waals surface area contributed by atoms with Gasteiger partial charge < -0.3 is 0 Å². The lowest BCUT2D eigenvalue weighted by atomic mass is 10.2. The number of aromatic nitrogens is 1. The van der Waals surface area contributed by atoms with Gasteiger partial charge in [0, 0.05) is 8.96 Å². The fourth-order valence-corrected chi connectivity index (χ4v) is 2.01. The highest BCUT2D eigenvalue weighted by molar-refractivity contribution is 14.1. The number of hydrogen-bond donors (Lipinski definition) is 0. The maximum absolute atomic E-state index is 12.9. The second kappa shape index (κ2) is 3.38. The van der Waals surface area contributed by atoms with Crippen molar-refractivity contribution in [3.8, 4) is 0 Å². The highest BCUT2D eigenvalue weighted by Crippen LogP contribution is 2.22. The minimum atomic E-state index is -0.249. The van der Waals surface area contributed by atoms with Gasteiger partial charge >= 0.3 is 0 Å². The van der Waals surface area contributed by atoms with E-state index in [1.807, 2.05) is 22.6 Å². The Bertz CT molecular complexity index is 472. The lowest BCUT2D eigenvalue weighted by Gasteiger charge is -2.00. The predicted molar refractivity (Wildman–Crippen MR) is 59.4 cm³/mol. The molecule has 0 N–H and O–H groups in total. The molecule has 1 heterocycles. The van der Waals surface area contributed by atoms with Crippen molar-refractivity contribution in [1.29, 1.82) is 0 Å². The van der Waals surface area contributed by atoms with Gasteiger partial charge in [-0.3, -0.25) is 0 Å². The van der Waals surface area contributed by atoms with Crippen molar-refractivity contribution in [3.63, 3.8) is 0 Å². The van der Waals surface area contributed by atoms with Crippen molar-refractivity contribution in [2.75, 3.05) is 0 Å². The summed E-state index contributed by atoms with van der Waals surface area (Å²) in [6.45, 7) is 0. The Morgan fingerprint density at radius 1 is 1.31 bits per heavy atom. The van der Waals surface area contributed by atoms with Gasteiger partial charge in [0.05, 0.1) is 5.52 Å². The van der Waals surface area contributed by atoms with E-state index in [0.29, 0.717) is 5.15 Å². The Balaban J connectivity index is 2.87. The minimum absolute atomic E-state index is 0.249. The first kappa shape index (κ1) is 9.15. The molecule has 0 radical (unpaired) electrons. The SMILES string of the molecule is Fc1cc(I)c2nc(Cl)ccc2c1. The zero-order valence-corrected chi connectivity index (χ0v) is 9.30. The normalized spacial score (nSPS) is 10.7. The molecule has 0 unspecified atom stereocenters. The van der Waals surface area contributed by atoms with E-state index in [9.17, 15) is 4.39 Å². The molecule has 0 spiro atoms. The van der Waals surface area contributed by atoms with Crippen LogP contribution in [0.5, 0.6) is 0 Å². The van der Waals surface area contributed by atoms with Gasteiger partial charge in [0.1, 0.15) is 11.0 Å². The van der Waals surface area contributed by atoms with Crippen molar-refractivity contribution in [2.45, 2.75) is 0 Å². The summed E-state index contributed by atoms with van der Waals surface area (Å²) in [7, 11) is 0. The summed E-state index contributed by atoms with van der Waals surface area (Å²) in [5.41, 5.74) is 0.745. The summed E-state index contributed by atoms with van der Waals surface area (Å²) in [4.78, 5) is 4.11. The maximum Gasteiger partial charge on any atom is 0.129 e. The van der Waals surface area contributed by atoms with Gasteiger partial charge in [-0.15, -0.1) is 0 Å². The van der Waals surface area contributed by atoms with Crippen LogP contribution in [-0.4, -0.2) is 4.98 Å². The Hall–Kier alpha value is -0.420. The minimum Gasteiger partial charge on any atom is -0.235 e. The second-order valence-electron chi connectivity index (χ2n) is 2.59. The average molecular weight is 307 g/mol. The zero-order chi connectivity index (χ0) is 9.42. The van der Waals surface area contributed by atoms with Crippen LogP contribution in [-0.2, 0) is 0 Å².